The van der Waals surface area contributed by atoms with Crippen LogP contribution in [0.25, 0.3) is 11.5 Å². The molecule has 0 aliphatic carbocycles. The minimum Gasteiger partial charge on any atom is -0.472 e. The highest BCUT2D eigenvalue weighted by Gasteiger charge is 2.06. The van der Waals surface area contributed by atoms with Crippen molar-refractivity contribution in [3.05, 3.63) is 18.6 Å². The molecule has 0 bridgehead atoms. The number of anilines is 1. The van der Waals surface area contributed by atoms with E-state index in [0.717, 1.165) is 5.56 Å². The molecule has 0 unspecified atom stereocenters. The summed E-state index contributed by atoms with van der Waals surface area (Å²) < 4.78 is 9.57. The monoisotopic (exact) mass is 151 g/mol. The second-order valence-electron chi connectivity index (χ2n) is 1.97. The maximum Gasteiger partial charge on any atom is 0.262 e. The van der Waals surface area contributed by atoms with E-state index in [1.54, 1.807) is 6.07 Å². The summed E-state index contributed by atoms with van der Waals surface area (Å²) in [5, 5.41) is 3.42. The van der Waals surface area contributed by atoms with Crippen LogP contribution >= 0.6 is 0 Å². The van der Waals surface area contributed by atoms with E-state index in [0.29, 0.717) is 5.89 Å². The van der Waals surface area contributed by atoms with E-state index < -0.39 is 0 Å². The van der Waals surface area contributed by atoms with E-state index in [-0.39, 0.29) is 5.95 Å². The average Bonchev–Trinajstić information content (AvgIpc) is 2.55. The molecular weight excluding hydrogens is 146 g/mol. The van der Waals surface area contributed by atoms with Crippen molar-refractivity contribution < 1.29 is 8.94 Å². The van der Waals surface area contributed by atoms with Crippen LogP contribution in [-0.4, -0.2) is 10.1 Å². The Morgan fingerprint density at radius 1 is 1.45 bits per heavy atom. The molecule has 0 aliphatic rings. The third-order valence-corrected chi connectivity index (χ3v) is 1.21. The largest absolute Gasteiger partial charge is 0.472 e. The topological polar surface area (TPSA) is 78.1 Å². The van der Waals surface area contributed by atoms with Gasteiger partial charge in [0.1, 0.15) is 6.26 Å². The van der Waals surface area contributed by atoms with Crippen LogP contribution in [0.4, 0.5) is 5.95 Å². The van der Waals surface area contributed by atoms with Crippen molar-refractivity contribution >= 4 is 5.95 Å². The third kappa shape index (κ3) is 0.958. The zero-order valence-electron chi connectivity index (χ0n) is 5.52. The summed E-state index contributed by atoms with van der Waals surface area (Å²) in [6.07, 6.45) is 3.03. The van der Waals surface area contributed by atoms with E-state index in [1.165, 1.54) is 12.5 Å². The highest BCUT2D eigenvalue weighted by atomic mass is 16.5. The fraction of sp³-hybridized carbons (Fsp3) is 0. The number of aromatic nitrogens is 2. The molecule has 11 heavy (non-hydrogen) atoms. The molecule has 0 fully saturated rings. The lowest BCUT2D eigenvalue weighted by Gasteiger charge is -1.79. The molecule has 0 atom stereocenters. The second-order valence-corrected chi connectivity index (χ2v) is 1.97. The predicted molar refractivity (Wildman–Crippen MR) is 36.4 cm³/mol. The Hall–Kier alpha value is -1.78. The normalized spacial score (nSPS) is 10.2. The SMILES string of the molecule is Nc1noc(-c2ccoc2)n1. The summed E-state index contributed by atoms with van der Waals surface area (Å²) in [7, 11) is 0. The zero-order valence-corrected chi connectivity index (χ0v) is 5.52. The number of rotatable bonds is 1. The van der Waals surface area contributed by atoms with Gasteiger partial charge in [-0.1, -0.05) is 0 Å². The first kappa shape index (κ1) is 5.96. The van der Waals surface area contributed by atoms with E-state index in [1.807, 2.05) is 0 Å². The van der Waals surface area contributed by atoms with Crippen LogP contribution in [0.5, 0.6) is 0 Å². The van der Waals surface area contributed by atoms with Crippen molar-refractivity contribution in [3.8, 4) is 11.5 Å². The number of nitrogen functional groups attached to an aromatic ring is 1. The van der Waals surface area contributed by atoms with E-state index in [9.17, 15) is 0 Å². The summed E-state index contributed by atoms with van der Waals surface area (Å²) in [6.45, 7) is 0. The van der Waals surface area contributed by atoms with Gasteiger partial charge < -0.3 is 14.7 Å². The smallest absolute Gasteiger partial charge is 0.262 e. The summed E-state index contributed by atoms with van der Waals surface area (Å²) in [4.78, 5) is 3.79. The first-order valence-electron chi connectivity index (χ1n) is 2.98. The molecule has 0 saturated carbocycles. The van der Waals surface area contributed by atoms with E-state index >= 15 is 0 Å². The Morgan fingerprint density at radius 3 is 2.91 bits per heavy atom. The Morgan fingerprint density at radius 2 is 2.36 bits per heavy atom. The van der Waals surface area contributed by atoms with E-state index in [2.05, 4.69) is 10.1 Å². The van der Waals surface area contributed by atoms with Gasteiger partial charge in [-0.25, -0.2) is 0 Å². The number of hydrogen-bond acceptors (Lipinski definition) is 5. The molecule has 56 valence electrons. The van der Waals surface area contributed by atoms with Crippen molar-refractivity contribution in [2.75, 3.05) is 5.73 Å². The first-order chi connectivity index (χ1) is 5.36. The van der Waals surface area contributed by atoms with Crippen LogP contribution in [0.2, 0.25) is 0 Å². The quantitative estimate of drug-likeness (QED) is 0.655. The van der Waals surface area contributed by atoms with Gasteiger partial charge >= 0.3 is 0 Å². The lowest BCUT2D eigenvalue weighted by atomic mass is 10.3. The van der Waals surface area contributed by atoms with E-state index in [4.69, 9.17) is 14.7 Å². The minimum atomic E-state index is 0.126. The van der Waals surface area contributed by atoms with Crippen LogP contribution < -0.4 is 5.73 Å². The van der Waals surface area contributed by atoms with Gasteiger partial charge in [-0.2, -0.15) is 4.98 Å². The standard InChI is InChI=1S/C6H5N3O2/c7-6-8-5(11-9-6)4-1-2-10-3-4/h1-3H,(H2,7,9). The molecule has 5 nitrogen and oxygen atoms in total. The van der Waals surface area contributed by atoms with Gasteiger partial charge in [-0.05, 0) is 11.2 Å². The molecule has 0 radical (unpaired) electrons. The molecular formula is C6H5N3O2. The molecule has 0 spiro atoms. The fourth-order valence-corrected chi connectivity index (χ4v) is 0.738. The molecule has 2 heterocycles. The van der Waals surface area contributed by atoms with Gasteiger partial charge in [0.25, 0.3) is 11.8 Å². The predicted octanol–water partition coefficient (Wildman–Crippen LogP) is 0.912. The third-order valence-electron chi connectivity index (χ3n) is 1.21. The Kier molecular flexibility index (Phi) is 1.15. The number of furan rings is 1. The maximum atomic E-state index is 5.24. The molecule has 5 heteroatoms. The summed E-state index contributed by atoms with van der Waals surface area (Å²) in [6, 6.07) is 1.72. The summed E-state index contributed by atoms with van der Waals surface area (Å²) in [5.74, 6) is 0.498. The Balaban J connectivity index is 2.45. The highest BCUT2D eigenvalue weighted by molar-refractivity contribution is 5.51. The van der Waals surface area contributed by atoms with Crippen molar-refractivity contribution in [2.45, 2.75) is 0 Å². The maximum absolute atomic E-state index is 5.24. The van der Waals surface area contributed by atoms with Crippen molar-refractivity contribution in [3.63, 3.8) is 0 Å². The molecule has 0 aromatic carbocycles. The molecule has 2 aromatic heterocycles. The first-order valence-corrected chi connectivity index (χ1v) is 2.98. The highest BCUT2D eigenvalue weighted by Crippen LogP contribution is 2.16. The Labute approximate surface area is 61.8 Å². The number of nitrogens with zero attached hydrogens (tertiary/aromatic N) is 2. The molecule has 2 N–H and O–H groups in total. The number of nitrogens with two attached hydrogens (primary N) is 1. The van der Waals surface area contributed by atoms with Gasteiger partial charge in [0, 0.05) is 0 Å². The number of hydrogen-bond donors (Lipinski definition) is 1. The van der Waals surface area contributed by atoms with Gasteiger partial charge in [-0.15, -0.1) is 0 Å². The fourth-order valence-electron chi connectivity index (χ4n) is 0.738. The average molecular weight is 151 g/mol. The van der Waals surface area contributed by atoms with Gasteiger partial charge in [0.15, 0.2) is 0 Å². The van der Waals surface area contributed by atoms with Crippen LogP contribution in [0.1, 0.15) is 0 Å². The molecule has 2 rings (SSSR count). The van der Waals surface area contributed by atoms with Crippen LogP contribution in [-0.2, 0) is 0 Å². The van der Waals surface area contributed by atoms with Crippen LogP contribution in [0, 0.1) is 0 Å². The molecule has 0 aliphatic heterocycles. The lowest BCUT2D eigenvalue weighted by molar-refractivity contribution is 0.432. The van der Waals surface area contributed by atoms with Crippen LogP contribution in [0.3, 0.4) is 0 Å². The Bertz CT molecular complexity index is 338. The zero-order chi connectivity index (χ0) is 7.68. The van der Waals surface area contributed by atoms with Crippen molar-refractivity contribution in [2.24, 2.45) is 0 Å². The van der Waals surface area contributed by atoms with Crippen LogP contribution in [0.15, 0.2) is 27.5 Å². The summed E-state index contributed by atoms with van der Waals surface area (Å²) >= 11 is 0. The minimum absolute atomic E-state index is 0.126. The molecule has 0 amide bonds. The van der Waals surface area contributed by atoms with Crippen molar-refractivity contribution in [1.82, 2.24) is 10.1 Å². The van der Waals surface area contributed by atoms with Gasteiger partial charge in [0.2, 0.25) is 0 Å². The van der Waals surface area contributed by atoms with Gasteiger partial charge in [0.05, 0.1) is 11.8 Å². The lowest BCUT2D eigenvalue weighted by Crippen LogP contribution is -1.84. The van der Waals surface area contributed by atoms with Crippen molar-refractivity contribution in [1.29, 1.82) is 0 Å². The molecule has 0 saturated heterocycles. The second kappa shape index (κ2) is 2.12. The molecule has 2 aromatic rings. The van der Waals surface area contributed by atoms with Gasteiger partial charge in [-0.3, -0.25) is 0 Å². The summed E-state index contributed by atoms with van der Waals surface area (Å²) in [5.41, 5.74) is 5.97.